The van der Waals surface area contributed by atoms with E-state index in [1.165, 1.54) is 42.5 Å². The van der Waals surface area contributed by atoms with Crippen LogP contribution in [0.5, 0.6) is 0 Å². The lowest BCUT2D eigenvalue weighted by Crippen LogP contribution is -2.28. The summed E-state index contributed by atoms with van der Waals surface area (Å²) in [5.41, 5.74) is 0.487. The van der Waals surface area contributed by atoms with Gasteiger partial charge in [-0.1, -0.05) is 0 Å². The number of hydrogen-bond donors (Lipinski definition) is 0. The highest BCUT2D eigenvalue weighted by Gasteiger charge is 2.34. The lowest BCUT2D eigenvalue weighted by molar-refractivity contribution is -0.135. The number of carbonyl (C=O) groups excluding carboxylic acids is 2. The van der Waals surface area contributed by atoms with E-state index in [4.69, 9.17) is 4.42 Å². The molecule has 0 unspecified atom stereocenters. The molecule has 128 valence electrons. The van der Waals surface area contributed by atoms with Gasteiger partial charge in [0.25, 0.3) is 5.91 Å². The largest absolute Gasteiger partial charge is 0.467 e. The maximum Gasteiger partial charge on any atom is 0.331 e. The monoisotopic (exact) mass is 360 g/mol. The predicted molar refractivity (Wildman–Crippen MR) is 90.4 cm³/mol. The number of nitrogens with zero attached hydrogens (tertiary/aromatic N) is 2. The number of ether oxygens (including phenoxy) is 1. The van der Waals surface area contributed by atoms with Crippen LogP contribution >= 0.6 is 11.8 Å². The summed E-state index contributed by atoms with van der Waals surface area (Å²) in [7, 11) is 1.23. The van der Waals surface area contributed by atoms with E-state index in [1.54, 1.807) is 12.1 Å². The summed E-state index contributed by atoms with van der Waals surface area (Å²) in [5.74, 6) is -0.817. The minimum Gasteiger partial charge on any atom is -0.467 e. The fraction of sp³-hybridized carbons (Fsp3) is 0.118. The number of methoxy groups -OCH3 is 1. The smallest absolute Gasteiger partial charge is 0.331 e. The van der Waals surface area contributed by atoms with E-state index in [2.05, 4.69) is 9.73 Å². The van der Waals surface area contributed by atoms with Crippen molar-refractivity contribution in [2.75, 3.05) is 7.11 Å². The molecule has 0 bridgehead atoms. The van der Waals surface area contributed by atoms with Crippen LogP contribution in [0.25, 0.3) is 0 Å². The summed E-state index contributed by atoms with van der Waals surface area (Å²) in [6, 6.07) is 9.01. The molecule has 0 saturated carbocycles. The standard InChI is InChI=1S/C17H13FN2O4S/c1-23-15(21)9-14-16(22)20(10-13-3-2-8-24-13)17(25-14)19-12-6-4-11(18)5-7-12/h2-9H,10H2,1H3. The van der Waals surface area contributed by atoms with Gasteiger partial charge in [0.1, 0.15) is 11.6 Å². The Bertz CT molecular complexity index is 844. The molecule has 1 saturated heterocycles. The lowest BCUT2D eigenvalue weighted by atomic mass is 10.3. The number of benzene rings is 1. The van der Waals surface area contributed by atoms with Crippen LogP contribution in [0.2, 0.25) is 0 Å². The minimum atomic E-state index is -0.628. The topological polar surface area (TPSA) is 72.1 Å². The fourth-order valence-electron chi connectivity index (χ4n) is 2.08. The predicted octanol–water partition coefficient (Wildman–Crippen LogP) is 3.24. The number of halogens is 1. The summed E-state index contributed by atoms with van der Waals surface area (Å²) >= 11 is 1.04. The molecule has 0 aliphatic carbocycles. The zero-order chi connectivity index (χ0) is 17.8. The third kappa shape index (κ3) is 3.97. The van der Waals surface area contributed by atoms with Crippen LogP contribution in [0.15, 0.2) is 63.1 Å². The molecule has 0 N–H and O–H groups in total. The average molecular weight is 360 g/mol. The van der Waals surface area contributed by atoms with Crippen molar-refractivity contribution in [3.8, 4) is 0 Å². The summed E-state index contributed by atoms with van der Waals surface area (Å²) in [6.45, 7) is 0.164. The van der Waals surface area contributed by atoms with Crippen molar-refractivity contribution in [1.82, 2.24) is 4.90 Å². The van der Waals surface area contributed by atoms with Crippen molar-refractivity contribution in [1.29, 1.82) is 0 Å². The lowest BCUT2D eigenvalue weighted by Gasteiger charge is -2.13. The molecule has 3 rings (SSSR count). The summed E-state index contributed by atoms with van der Waals surface area (Å²) in [4.78, 5) is 30.0. The van der Waals surface area contributed by atoms with E-state index >= 15 is 0 Å². The normalized spacial score (nSPS) is 17.5. The van der Waals surface area contributed by atoms with E-state index in [0.29, 0.717) is 16.6 Å². The minimum absolute atomic E-state index is 0.164. The van der Waals surface area contributed by atoms with Crippen LogP contribution in [0, 0.1) is 5.82 Å². The van der Waals surface area contributed by atoms with Gasteiger partial charge in [-0.3, -0.25) is 9.69 Å². The number of aliphatic imine (C=N–C) groups is 1. The summed E-state index contributed by atoms with van der Waals surface area (Å²) < 4.78 is 22.9. The number of amides is 1. The van der Waals surface area contributed by atoms with Gasteiger partial charge in [-0.2, -0.15) is 0 Å². The quantitative estimate of drug-likeness (QED) is 0.618. The van der Waals surface area contributed by atoms with Gasteiger partial charge in [-0.05, 0) is 48.2 Å². The molecule has 1 fully saturated rings. The van der Waals surface area contributed by atoms with E-state index in [9.17, 15) is 14.0 Å². The van der Waals surface area contributed by atoms with Gasteiger partial charge in [0, 0.05) is 6.08 Å². The Kier molecular flexibility index (Phi) is 4.99. The maximum absolute atomic E-state index is 13.0. The van der Waals surface area contributed by atoms with Crippen LogP contribution in [0.1, 0.15) is 5.76 Å². The van der Waals surface area contributed by atoms with Crippen LogP contribution in [-0.2, 0) is 20.9 Å². The Hall–Kier alpha value is -2.87. The van der Waals surface area contributed by atoms with Crippen LogP contribution < -0.4 is 0 Å². The van der Waals surface area contributed by atoms with Gasteiger partial charge in [0.15, 0.2) is 5.17 Å². The molecular weight excluding hydrogens is 347 g/mol. The van der Waals surface area contributed by atoms with E-state index in [0.717, 1.165) is 17.8 Å². The van der Waals surface area contributed by atoms with Crippen molar-refractivity contribution < 1.29 is 23.1 Å². The SMILES string of the molecule is COC(=O)C=C1SC(=Nc2ccc(F)cc2)N(Cc2ccco2)C1=O. The molecule has 1 aliphatic heterocycles. The number of thioether (sulfide) groups is 1. The number of rotatable bonds is 4. The van der Waals surface area contributed by atoms with Gasteiger partial charge < -0.3 is 9.15 Å². The van der Waals surface area contributed by atoms with E-state index < -0.39 is 5.97 Å². The number of furan rings is 1. The van der Waals surface area contributed by atoms with Gasteiger partial charge in [-0.25, -0.2) is 14.2 Å². The van der Waals surface area contributed by atoms with Crippen molar-refractivity contribution in [2.45, 2.75) is 6.54 Å². The third-order valence-corrected chi connectivity index (χ3v) is 4.29. The first-order valence-corrected chi connectivity index (χ1v) is 8.04. The van der Waals surface area contributed by atoms with Gasteiger partial charge in [0.05, 0.1) is 30.5 Å². The molecule has 1 amide bonds. The molecule has 2 heterocycles. The summed E-state index contributed by atoms with van der Waals surface area (Å²) in [5, 5.41) is 0.364. The van der Waals surface area contributed by atoms with Gasteiger partial charge in [0.2, 0.25) is 0 Å². The molecular formula is C17H13FN2O4S. The summed E-state index contributed by atoms with van der Waals surface area (Å²) in [6.07, 6.45) is 2.63. The second kappa shape index (κ2) is 7.35. The molecule has 1 aromatic carbocycles. The molecule has 2 aromatic rings. The highest BCUT2D eigenvalue weighted by atomic mass is 32.2. The Morgan fingerprint density at radius 3 is 2.76 bits per heavy atom. The highest BCUT2D eigenvalue weighted by Crippen LogP contribution is 2.34. The first-order chi connectivity index (χ1) is 12.1. The number of esters is 1. The highest BCUT2D eigenvalue weighted by molar-refractivity contribution is 8.18. The Labute approximate surface area is 147 Å². The molecule has 0 spiro atoms. The molecule has 25 heavy (non-hydrogen) atoms. The fourth-order valence-corrected chi connectivity index (χ4v) is 3.04. The molecule has 0 radical (unpaired) electrons. The van der Waals surface area contributed by atoms with Crippen molar-refractivity contribution in [2.24, 2.45) is 4.99 Å². The first kappa shape index (κ1) is 17.0. The zero-order valence-electron chi connectivity index (χ0n) is 13.1. The molecule has 6 nitrogen and oxygen atoms in total. The van der Waals surface area contributed by atoms with Crippen LogP contribution in [0.4, 0.5) is 10.1 Å². The van der Waals surface area contributed by atoms with Crippen molar-refractivity contribution >= 4 is 34.5 Å². The number of hydrogen-bond acceptors (Lipinski definition) is 6. The zero-order valence-corrected chi connectivity index (χ0v) is 14.0. The Morgan fingerprint density at radius 1 is 1.36 bits per heavy atom. The molecule has 8 heteroatoms. The molecule has 1 aliphatic rings. The average Bonchev–Trinajstić information content (AvgIpc) is 3.21. The molecule has 0 atom stereocenters. The third-order valence-electron chi connectivity index (χ3n) is 3.28. The Morgan fingerprint density at radius 2 is 2.12 bits per heavy atom. The van der Waals surface area contributed by atoms with Gasteiger partial charge in [-0.15, -0.1) is 0 Å². The second-order valence-corrected chi connectivity index (χ2v) is 5.98. The van der Waals surface area contributed by atoms with Crippen molar-refractivity contribution in [3.05, 3.63) is 65.2 Å². The number of carbonyl (C=O) groups is 2. The van der Waals surface area contributed by atoms with E-state index in [-0.39, 0.29) is 23.2 Å². The van der Waals surface area contributed by atoms with E-state index in [1.807, 2.05) is 0 Å². The number of amidine groups is 1. The van der Waals surface area contributed by atoms with Crippen molar-refractivity contribution in [3.63, 3.8) is 0 Å². The Balaban J connectivity index is 1.94. The van der Waals surface area contributed by atoms with Gasteiger partial charge >= 0.3 is 5.97 Å². The second-order valence-electron chi connectivity index (χ2n) is 4.98. The van der Waals surface area contributed by atoms with Crippen LogP contribution in [0.3, 0.4) is 0 Å². The first-order valence-electron chi connectivity index (χ1n) is 7.23. The van der Waals surface area contributed by atoms with Crippen LogP contribution in [-0.4, -0.2) is 29.1 Å². The molecule has 1 aromatic heterocycles. The maximum atomic E-state index is 13.0.